The summed E-state index contributed by atoms with van der Waals surface area (Å²) in [6, 6.07) is -0.295. The molecule has 0 aromatic rings. The maximum atomic E-state index is 12.4. The summed E-state index contributed by atoms with van der Waals surface area (Å²) in [5, 5.41) is 0. The van der Waals surface area contributed by atoms with Gasteiger partial charge in [0.1, 0.15) is 13.1 Å². The van der Waals surface area contributed by atoms with E-state index in [-0.39, 0.29) is 47.8 Å². The summed E-state index contributed by atoms with van der Waals surface area (Å²) in [6.45, 7) is 14.6. The molecule has 2 fully saturated rings. The van der Waals surface area contributed by atoms with Crippen LogP contribution < -0.4 is 0 Å². The molecule has 2 saturated heterocycles. The second kappa shape index (κ2) is 17.8. The fraction of sp³-hybridized carbons (Fsp3) is 0.879. The average Bonchev–Trinajstić information content (AvgIpc) is 3.41. The monoisotopic (exact) mass is 592 g/mol. The van der Waals surface area contributed by atoms with Crippen LogP contribution in [-0.2, 0) is 14.3 Å². The van der Waals surface area contributed by atoms with Crippen molar-refractivity contribution in [1.82, 2.24) is 19.6 Å². The van der Waals surface area contributed by atoms with Crippen molar-refractivity contribution in [2.24, 2.45) is 10.8 Å². The van der Waals surface area contributed by atoms with E-state index >= 15 is 0 Å². The first kappa shape index (κ1) is 36.0. The van der Waals surface area contributed by atoms with Gasteiger partial charge in [0.05, 0.1) is 0 Å². The number of amides is 6. The summed E-state index contributed by atoms with van der Waals surface area (Å²) in [7, 11) is 1.68. The van der Waals surface area contributed by atoms with Crippen LogP contribution in [0.3, 0.4) is 0 Å². The summed E-state index contributed by atoms with van der Waals surface area (Å²) < 4.78 is 6.00. The second-order valence-electron chi connectivity index (χ2n) is 12.7. The van der Waals surface area contributed by atoms with Gasteiger partial charge < -0.3 is 14.5 Å². The molecule has 6 amide bonds. The lowest BCUT2D eigenvalue weighted by atomic mass is 9.74. The van der Waals surface area contributed by atoms with E-state index in [0.29, 0.717) is 19.6 Å². The topological polar surface area (TPSA) is 90.5 Å². The van der Waals surface area contributed by atoms with Gasteiger partial charge in [-0.05, 0) is 69.1 Å². The van der Waals surface area contributed by atoms with Crippen molar-refractivity contribution in [2.45, 2.75) is 125 Å². The quantitative estimate of drug-likeness (QED) is 0.0973. The predicted octanol–water partition coefficient (Wildman–Crippen LogP) is 6.69. The van der Waals surface area contributed by atoms with Gasteiger partial charge in [0.15, 0.2) is 0 Å². The third-order valence-corrected chi connectivity index (χ3v) is 10.4. The lowest BCUT2D eigenvalue weighted by molar-refractivity contribution is -0.126. The Labute approximate surface area is 255 Å². The van der Waals surface area contributed by atoms with Crippen molar-refractivity contribution >= 4 is 23.9 Å². The zero-order valence-corrected chi connectivity index (χ0v) is 27.7. The van der Waals surface area contributed by atoms with Gasteiger partial charge in [-0.3, -0.25) is 19.4 Å². The van der Waals surface area contributed by atoms with Crippen LogP contribution in [-0.4, -0.2) is 96.5 Å². The van der Waals surface area contributed by atoms with E-state index in [1.54, 1.807) is 11.9 Å². The summed E-state index contributed by atoms with van der Waals surface area (Å²) in [5.41, 5.74) is 0.539. The van der Waals surface area contributed by atoms with Crippen LogP contribution in [0.5, 0.6) is 0 Å². The van der Waals surface area contributed by atoms with Gasteiger partial charge in [0, 0.05) is 39.9 Å². The summed E-state index contributed by atoms with van der Waals surface area (Å²) >= 11 is 0. The van der Waals surface area contributed by atoms with Gasteiger partial charge in [-0.2, -0.15) is 0 Å². The molecule has 2 aliphatic heterocycles. The Morgan fingerprint density at radius 3 is 1.40 bits per heavy atom. The molecular formula is C33H60N4O5. The first-order chi connectivity index (χ1) is 20.1. The van der Waals surface area contributed by atoms with E-state index in [4.69, 9.17) is 4.74 Å². The number of rotatable bonds is 23. The van der Waals surface area contributed by atoms with E-state index in [2.05, 4.69) is 27.7 Å². The number of nitrogens with zero attached hydrogens (tertiary/aromatic N) is 4. The largest absolute Gasteiger partial charge is 0.381 e. The Kier molecular flexibility index (Phi) is 15.3. The minimum atomic E-state index is -0.165. The van der Waals surface area contributed by atoms with Crippen molar-refractivity contribution in [3.05, 3.63) is 0 Å². The average molecular weight is 593 g/mol. The van der Waals surface area contributed by atoms with Crippen LogP contribution >= 0.6 is 0 Å². The van der Waals surface area contributed by atoms with Gasteiger partial charge in [0.2, 0.25) is 11.8 Å². The molecule has 242 valence electrons. The summed E-state index contributed by atoms with van der Waals surface area (Å²) in [4.78, 5) is 54.7. The number of hydrogen-bond acceptors (Lipinski definition) is 5. The highest BCUT2D eigenvalue weighted by Gasteiger charge is 2.36. The maximum absolute atomic E-state index is 12.4. The number of unbranched alkanes of at least 4 members (excludes halogenated alkanes) is 2. The molecule has 0 bridgehead atoms. The van der Waals surface area contributed by atoms with Crippen molar-refractivity contribution in [3.63, 3.8) is 0 Å². The molecule has 42 heavy (non-hydrogen) atoms. The lowest BCUT2D eigenvalue weighted by Crippen LogP contribution is -2.34. The molecule has 0 radical (unpaired) electrons. The number of carbonyl (C=O) groups is 4. The van der Waals surface area contributed by atoms with Gasteiger partial charge in [-0.15, -0.1) is 0 Å². The summed E-state index contributed by atoms with van der Waals surface area (Å²) in [6.07, 6.45) is 15.0. The van der Waals surface area contributed by atoms with E-state index in [9.17, 15) is 19.2 Å². The van der Waals surface area contributed by atoms with Gasteiger partial charge in [0.25, 0.3) is 0 Å². The van der Waals surface area contributed by atoms with E-state index in [1.807, 2.05) is 6.92 Å². The molecule has 2 heterocycles. The fourth-order valence-corrected chi connectivity index (χ4v) is 6.85. The Morgan fingerprint density at radius 1 is 0.595 bits per heavy atom. The number of hydrogen-bond donors (Lipinski definition) is 0. The Hall–Kier alpha value is -2.16. The highest BCUT2D eigenvalue weighted by molar-refractivity contribution is 6.02. The molecule has 0 atom stereocenters. The molecule has 9 nitrogen and oxygen atoms in total. The zero-order chi connectivity index (χ0) is 31.2. The zero-order valence-electron chi connectivity index (χ0n) is 27.7. The van der Waals surface area contributed by atoms with Crippen molar-refractivity contribution in [3.8, 4) is 0 Å². The number of ether oxygens (including phenoxy) is 1. The predicted molar refractivity (Wildman–Crippen MR) is 167 cm³/mol. The number of likely N-dealkylation sites (N-methyl/N-ethyl adjacent to an activating group) is 2. The fourth-order valence-electron chi connectivity index (χ4n) is 6.85. The molecule has 0 saturated carbocycles. The third kappa shape index (κ3) is 9.95. The lowest BCUT2D eigenvalue weighted by Gasteiger charge is -2.33. The SMILES string of the molecule is CCN1CC(=O)N(CCCC(CC)(CC)CCCCOCCCCC(CC)(CC)CCCN2C(=O)CN(C)C2=O)C1=O. The minimum absolute atomic E-state index is 0.0613. The van der Waals surface area contributed by atoms with E-state index in [1.165, 1.54) is 14.7 Å². The van der Waals surface area contributed by atoms with E-state index < -0.39 is 0 Å². The maximum Gasteiger partial charge on any atom is 0.327 e. The molecular weight excluding hydrogens is 532 g/mol. The van der Waals surface area contributed by atoms with Crippen molar-refractivity contribution in [1.29, 1.82) is 0 Å². The first-order valence-electron chi connectivity index (χ1n) is 16.8. The molecule has 0 unspecified atom stereocenters. The minimum Gasteiger partial charge on any atom is -0.381 e. The normalized spacial score (nSPS) is 16.6. The molecule has 0 aromatic carbocycles. The molecule has 0 spiro atoms. The van der Waals surface area contributed by atoms with Crippen LogP contribution in [0.15, 0.2) is 0 Å². The molecule has 2 aliphatic rings. The summed E-state index contributed by atoms with van der Waals surface area (Å²) in [5.74, 6) is -0.140. The first-order valence-corrected chi connectivity index (χ1v) is 16.8. The number of carbonyl (C=O) groups excluding carboxylic acids is 4. The van der Waals surface area contributed by atoms with Crippen molar-refractivity contribution in [2.75, 3.05) is 53.0 Å². The Morgan fingerprint density at radius 2 is 1.02 bits per heavy atom. The third-order valence-electron chi connectivity index (χ3n) is 10.4. The number of urea groups is 2. The molecule has 0 aromatic heterocycles. The number of imide groups is 2. The second-order valence-corrected chi connectivity index (χ2v) is 12.7. The highest BCUT2D eigenvalue weighted by atomic mass is 16.5. The van der Waals surface area contributed by atoms with Gasteiger partial charge in [-0.25, -0.2) is 9.59 Å². The Balaban J connectivity index is 1.60. The molecule has 2 rings (SSSR count). The van der Waals surface area contributed by atoms with Gasteiger partial charge >= 0.3 is 12.1 Å². The Bertz CT molecular complexity index is 871. The highest BCUT2D eigenvalue weighted by Crippen LogP contribution is 2.39. The van der Waals surface area contributed by atoms with Crippen LogP contribution in [0, 0.1) is 10.8 Å². The van der Waals surface area contributed by atoms with E-state index in [0.717, 1.165) is 103 Å². The molecule has 0 N–H and O–H groups in total. The molecule has 0 aliphatic carbocycles. The smallest absolute Gasteiger partial charge is 0.327 e. The van der Waals surface area contributed by atoms with Crippen LogP contribution in [0.4, 0.5) is 9.59 Å². The van der Waals surface area contributed by atoms with Crippen LogP contribution in [0.1, 0.15) is 125 Å². The molecule has 9 heteroatoms. The standard InChI is InChI=1S/C33H60N4O5/c1-7-32(8-2,20-16-22-36-28(38)26-34(6)30(36)40)18-12-14-24-42-25-15-13-19-33(9-3,10-4)21-17-23-37-29(39)27-35(11-5)31(37)41/h7-27H2,1-6H3. The van der Waals surface area contributed by atoms with Gasteiger partial charge in [-0.1, -0.05) is 66.2 Å². The van der Waals surface area contributed by atoms with Crippen molar-refractivity contribution < 1.29 is 23.9 Å². The van der Waals surface area contributed by atoms with Crippen LogP contribution in [0.2, 0.25) is 0 Å². The van der Waals surface area contributed by atoms with Crippen LogP contribution in [0.25, 0.3) is 0 Å².